The molecule has 1 aliphatic carbocycles. The van der Waals surface area contributed by atoms with Crippen LogP contribution in [0.2, 0.25) is 0 Å². The molecule has 64 valence electrons. The van der Waals surface area contributed by atoms with Crippen LogP contribution in [0.15, 0.2) is 0 Å². The normalized spacial score (nSPS) is 38.5. The lowest BCUT2D eigenvalue weighted by Crippen LogP contribution is -2.40. The third kappa shape index (κ3) is 1.40. The Hall–Kier alpha value is -0.150. The number of hydrogen-bond acceptors (Lipinski definition) is 2. The molecule has 0 amide bonds. The number of halogens is 1. The van der Waals surface area contributed by atoms with E-state index >= 15 is 0 Å². The Bertz CT molecular complexity index is 147. The molecule has 1 N–H and O–H groups in total. The Balaban J connectivity index is 1.91. The van der Waals surface area contributed by atoms with Crippen LogP contribution >= 0.6 is 0 Å². The zero-order valence-corrected chi connectivity index (χ0v) is 6.89. The van der Waals surface area contributed by atoms with Gasteiger partial charge in [0.1, 0.15) is 6.17 Å². The standard InChI is InChI=1S/C8H15FN2/c1-11(6-2-3-6)8-5-10-4-7(8)9/h6-8,10H,2-5H2,1H3. The second-order valence-electron chi connectivity index (χ2n) is 3.64. The highest BCUT2D eigenvalue weighted by molar-refractivity contribution is 4.94. The first-order valence-electron chi connectivity index (χ1n) is 4.36. The first kappa shape index (κ1) is 7.50. The first-order chi connectivity index (χ1) is 5.29. The molecule has 2 fully saturated rings. The van der Waals surface area contributed by atoms with Gasteiger partial charge in [-0.05, 0) is 19.9 Å². The predicted octanol–water partition coefficient (Wildman–Crippen LogP) is 0.390. The zero-order chi connectivity index (χ0) is 7.84. The molecule has 2 rings (SSSR count). The van der Waals surface area contributed by atoms with Gasteiger partial charge in [-0.15, -0.1) is 0 Å². The summed E-state index contributed by atoms with van der Waals surface area (Å²) in [4.78, 5) is 2.20. The SMILES string of the molecule is CN(C1CC1)C1CNCC1F. The largest absolute Gasteiger partial charge is 0.312 e. The summed E-state index contributed by atoms with van der Waals surface area (Å²) in [5, 5.41) is 3.07. The Morgan fingerprint density at radius 3 is 2.55 bits per heavy atom. The number of rotatable bonds is 2. The van der Waals surface area contributed by atoms with Gasteiger partial charge in [0, 0.05) is 19.1 Å². The van der Waals surface area contributed by atoms with E-state index in [2.05, 4.69) is 10.2 Å². The van der Waals surface area contributed by atoms with E-state index in [1.165, 1.54) is 12.8 Å². The van der Waals surface area contributed by atoms with Crippen LogP contribution in [-0.2, 0) is 0 Å². The van der Waals surface area contributed by atoms with Gasteiger partial charge in [-0.3, -0.25) is 4.90 Å². The molecule has 2 atom stereocenters. The molecule has 0 bridgehead atoms. The minimum atomic E-state index is -0.652. The highest BCUT2D eigenvalue weighted by Crippen LogP contribution is 2.29. The highest BCUT2D eigenvalue weighted by Gasteiger charge is 2.37. The summed E-state index contributed by atoms with van der Waals surface area (Å²) in [7, 11) is 2.04. The summed E-state index contributed by atoms with van der Waals surface area (Å²) < 4.78 is 13.1. The highest BCUT2D eigenvalue weighted by atomic mass is 19.1. The first-order valence-corrected chi connectivity index (χ1v) is 4.36. The molecule has 1 saturated heterocycles. The third-order valence-corrected chi connectivity index (χ3v) is 2.76. The Labute approximate surface area is 66.8 Å². The van der Waals surface area contributed by atoms with Crippen LogP contribution in [-0.4, -0.2) is 43.3 Å². The average Bonchev–Trinajstić information content (AvgIpc) is 2.74. The lowest BCUT2D eigenvalue weighted by atomic mass is 10.2. The molecule has 2 unspecified atom stereocenters. The second kappa shape index (κ2) is 2.72. The van der Waals surface area contributed by atoms with E-state index in [0.29, 0.717) is 12.6 Å². The third-order valence-electron chi connectivity index (χ3n) is 2.76. The van der Waals surface area contributed by atoms with Crippen LogP contribution in [0, 0.1) is 0 Å². The van der Waals surface area contributed by atoms with Crippen molar-refractivity contribution in [3.8, 4) is 0 Å². The molecule has 0 aromatic carbocycles. The summed E-state index contributed by atoms with van der Waals surface area (Å²) in [5.41, 5.74) is 0. The maximum Gasteiger partial charge on any atom is 0.129 e. The van der Waals surface area contributed by atoms with Crippen molar-refractivity contribution in [1.29, 1.82) is 0 Å². The molecule has 2 nitrogen and oxygen atoms in total. The summed E-state index contributed by atoms with van der Waals surface area (Å²) >= 11 is 0. The molecule has 0 radical (unpaired) electrons. The van der Waals surface area contributed by atoms with Crippen molar-refractivity contribution in [2.24, 2.45) is 0 Å². The number of nitrogens with one attached hydrogen (secondary N) is 1. The predicted molar refractivity (Wildman–Crippen MR) is 42.3 cm³/mol. The lowest BCUT2D eigenvalue weighted by Gasteiger charge is -2.24. The summed E-state index contributed by atoms with van der Waals surface area (Å²) in [6.45, 7) is 1.37. The average molecular weight is 158 g/mol. The minimum Gasteiger partial charge on any atom is -0.312 e. The van der Waals surface area contributed by atoms with Crippen molar-refractivity contribution in [2.45, 2.75) is 31.1 Å². The van der Waals surface area contributed by atoms with Gasteiger partial charge in [-0.25, -0.2) is 4.39 Å². The lowest BCUT2D eigenvalue weighted by molar-refractivity contribution is 0.166. The number of likely N-dealkylation sites (N-methyl/N-ethyl adjacent to an activating group) is 1. The summed E-state index contributed by atoms with van der Waals surface area (Å²) in [6.07, 6.45) is 1.87. The van der Waals surface area contributed by atoms with E-state index < -0.39 is 6.17 Å². The van der Waals surface area contributed by atoms with E-state index in [0.717, 1.165) is 6.54 Å². The van der Waals surface area contributed by atoms with Crippen molar-refractivity contribution in [3.63, 3.8) is 0 Å². The second-order valence-corrected chi connectivity index (χ2v) is 3.64. The van der Waals surface area contributed by atoms with Crippen LogP contribution in [0.1, 0.15) is 12.8 Å². The monoisotopic (exact) mass is 158 g/mol. The van der Waals surface area contributed by atoms with Gasteiger partial charge in [-0.1, -0.05) is 0 Å². The fourth-order valence-corrected chi connectivity index (χ4v) is 1.78. The van der Waals surface area contributed by atoms with Gasteiger partial charge < -0.3 is 5.32 Å². The molecule has 3 heteroatoms. The van der Waals surface area contributed by atoms with Crippen molar-refractivity contribution >= 4 is 0 Å². The van der Waals surface area contributed by atoms with Crippen LogP contribution in [0.4, 0.5) is 4.39 Å². The molecule has 2 aliphatic rings. The Morgan fingerprint density at radius 2 is 2.09 bits per heavy atom. The maximum atomic E-state index is 13.1. The molecule has 11 heavy (non-hydrogen) atoms. The number of hydrogen-bond donors (Lipinski definition) is 1. The molecular weight excluding hydrogens is 143 g/mol. The Kier molecular flexibility index (Phi) is 1.85. The molecule has 1 saturated carbocycles. The smallest absolute Gasteiger partial charge is 0.129 e. The topological polar surface area (TPSA) is 15.3 Å². The van der Waals surface area contributed by atoms with E-state index in [1.807, 2.05) is 7.05 Å². The van der Waals surface area contributed by atoms with Crippen molar-refractivity contribution in [3.05, 3.63) is 0 Å². The fourth-order valence-electron chi connectivity index (χ4n) is 1.78. The van der Waals surface area contributed by atoms with Gasteiger partial charge in [0.25, 0.3) is 0 Å². The molecule has 1 heterocycles. The van der Waals surface area contributed by atoms with Crippen molar-refractivity contribution < 1.29 is 4.39 Å². The van der Waals surface area contributed by atoms with Gasteiger partial charge in [0.15, 0.2) is 0 Å². The van der Waals surface area contributed by atoms with Crippen LogP contribution in [0.3, 0.4) is 0 Å². The molecule has 0 aromatic rings. The van der Waals surface area contributed by atoms with Crippen LogP contribution < -0.4 is 5.32 Å². The molecular formula is C8H15FN2. The van der Waals surface area contributed by atoms with E-state index in [-0.39, 0.29) is 6.04 Å². The Morgan fingerprint density at radius 1 is 1.36 bits per heavy atom. The molecule has 1 aliphatic heterocycles. The van der Waals surface area contributed by atoms with Crippen LogP contribution in [0.25, 0.3) is 0 Å². The number of nitrogens with zero attached hydrogens (tertiary/aromatic N) is 1. The van der Waals surface area contributed by atoms with E-state index in [1.54, 1.807) is 0 Å². The zero-order valence-electron chi connectivity index (χ0n) is 6.89. The molecule has 0 spiro atoms. The van der Waals surface area contributed by atoms with Gasteiger partial charge >= 0.3 is 0 Å². The van der Waals surface area contributed by atoms with E-state index in [4.69, 9.17) is 0 Å². The van der Waals surface area contributed by atoms with E-state index in [9.17, 15) is 4.39 Å². The maximum absolute atomic E-state index is 13.1. The van der Waals surface area contributed by atoms with Crippen molar-refractivity contribution in [2.75, 3.05) is 20.1 Å². The van der Waals surface area contributed by atoms with Gasteiger partial charge in [-0.2, -0.15) is 0 Å². The van der Waals surface area contributed by atoms with Gasteiger partial charge in [0.05, 0.1) is 6.04 Å². The fraction of sp³-hybridized carbons (Fsp3) is 1.00. The quantitative estimate of drug-likeness (QED) is 0.625. The van der Waals surface area contributed by atoms with Crippen molar-refractivity contribution in [1.82, 2.24) is 10.2 Å². The summed E-state index contributed by atoms with van der Waals surface area (Å²) in [6, 6.07) is 0.820. The van der Waals surface area contributed by atoms with Crippen LogP contribution in [0.5, 0.6) is 0 Å². The minimum absolute atomic E-state index is 0.141. The number of alkyl halides is 1. The summed E-state index contributed by atoms with van der Waals surface area (Å²) in [5.74, 6) is 0. The molecule has 0 aromatic heterocycles. The van der Waals surface area contributed by atoms with Gasteiger partial charge in [0.2, 0.25) is 0 Å².